The second-order valence-electron chi connectivity index (χ2n) is 4.79. The first kappa shape index (κ1) is 15.7. The van der Waals surface area contributed by atoms with E-state index in [0.717, 1.165) is 25.8 Å². The van der Waals surface area contributed by atoms with E-state index in [0.29, 0.717) is 6.54 Å². The minimum Gasteiger partial charge on any atom is -0.355 e. The first-order valence-corrected chi connectivity index (χ1v) is 7.30. The van der Waals surface area contributed by atoms with Gasteiger partial charge in [-0.05, 0) is 30.4 Å². The summed E-state index contributed by atoms with van der Waals surface area (Å²) in [5.74, 6) is 0.0745. The average Bonchev–Trinajstić information content (AvgIpc) is 2.46. The predicted molar refractivity (Wildman–Crippen MR) is 80.2 cm³/mol. The van der Waals surface area contributed by atoms with Crippen LogP contribution in [0, 0.1) is 0 Å². The van der Waals surface area contributed by atoms with Gasteiger partial charge in [0.05, 0.1) is 6.54 Å². The van der Waals surface area contributed by atoms with Crippen molar-refractivity contribution in [3.63, 3.8) is 0 Å². The lowest BCUT2D eigenvalue weighted by Gasteiger charge is -2.17. The third-order valence-corrected chi connectivity index (χ3v) is 3.28. The summed E-state index contributed by atoms with van der Waals surface area (Å²) in [6, 6.07) is 8.89. The minimum atomic E-state index is 0.0745. The van der Waals surface area contributed by atoms with Crippen LogP contribution >= 0.6 is 0 Å². The Morgan fingerprint density at radius 1 is 1.16 bits per heavy atom. The summed E-state index contributed by atoms with van der Waals surface area (Å²) in [4.78, 5) is 11.6. The molecule has 0 saturated carbocycles. The van der Waals surface area contributed by atoms with Gasteiger partial charge in [-0.2, -0.15) is 0 Å². The highest BCUT2D eigenvalue weighted by Crippen LogP contribution is 2.17. The SMILES string of the molecule is CCCNC(=O)CNC(CC)c1ccc(CC)cc1. The highest BCUT2D eigenvalue weighted by molar-refractivity contribution is 5.77. The number of benzene rings is 1. The Kier molecular flexibility index (Phi) is 7.19. The molecule has 1 aromatic carbocycles. The Morgan fingerprint density at radius 2 is 1.84 bits per heavy atom. The fourth-order valence-corrected chi connectivity index (χ4v) is 2.03. The molecule has 3 nitrogen and oxygen atoms in total. The van der Waals surface area contributed by atoms with Crippen LogP contribution in [0.5, 0.6) is 0 Å². The average molecular weight is 262 g/mol. The van der Waals surface area contributed by atoms with Gasteiger partial charge < -0.3 is 10.6 Å². The van der Waals surface area contributed by atoms with Gasteiger partial charge in [0, 0.05) is 12.6 Å². The Bertz CT molecular complexity index is 373. The van der Waals surface area contributed by atoms with Gasteiger partial charge in [-0.1, -0.05) is 45.0 Å². The summed E-state index contributed by atoms with van der Waals surface area (Å²) in [5, 5.41) is 6.20. The van der Waals surface area contributed by atoms with Gasteiger partial charge in [0.1, 0.15) is 0 Å². The molecular weight excluding hydrogens is 236 g/mol. The van der Waals surface area contributed by atoms with Gasteiger partial charge in [-0.3, -0.25) is 4.79 Å². The van der Waals surface area contributed by atoms with Crippen LogP contribution in [0.15, 0.2) is 24.3 Å². The number of rotatable bonds is 8. The topological polar surface area (TPSA) is 41.1 Å². The normalized spacial score (nSPS) is 12.2. The molecule has 1 amide bonds. The fraction of sp³-hybridized carbons (Fsp3) is 0.562. The molecule has 1 rings (SSSR count). The van der Waals surface area contributed by atoms with Gasteiger partial charge >= 0.3 is 0 Å². The monoisotopic (exact) mass is 262 g/mol. The largest absolute Gasteiger partial charge is 0.355 e. The molecule has 0 spiro atoms. The van der Waals surface area contributed by atoms with Crippen LogP contribution in [-0.2, 0) is 11.2 Å². The van der Waals surface area contributed by atoms with E-state index < -0.39 is 0 Å². The summed E-state index contributed by atoms with van der Waals surface area (Å²) < 4.78 is 0. The lowest BCUT2D eigenvalue weighted by molar-refractivity contribution is -0.120. The van der Waals surface area contributed by atoms with E-state index in [4.69, 9.17) is 0 Å². The number of amides is 1. The first-order chi connectivity index (χ1) is 9.21. The quantitative estimate of drug-likeness (QED) is 0.756. The minimum absolute atomic E-state index is 0.0745. The van der Waals surface area contributed by atoms with Crippen LogP contribution < -0.4 is 10.6 Å². The second-order valence-corrected chi connectivity index (χ2v) is 4.79. The number of carbonyl (C=O) groups is 1. The lowest BCUT2D eigenvalue weighted by atomic mass is 10.0. The molecule has 0 aromatic heterocycles. The molecule has 0 fully saturated rings. The summed E-state index contributed by atoms with van der Waals surface area (Å²) in [5.41, 5.74) is 2.60. The summed E-state index contributed by atoms with van der Waals surface area (Å²) in [6.07, 6.45) is 3.01. The maximum absolute atomic E-state index is 11.6. The van der Waals surface area contributed by atoms with E-state index in [-0.39, 0.29) is 11.9 Å². The molecule has 0 aliphatic carbocycles. The van der Waals surface area contributed by atoms with Crippen molar-refractivity contribution in [2.45, 2.75) is 46.1 Å². The highest BCUT2D eigenvalue weighted by Gasteiger charge is 2.10. The van der Waals surface area contributed by atoms with Crippen LogP contribution in [0.4, 0.5) is 0 Å². The van der Waals surface area contributed by atoms with Crippen molar-refractivity contribution in [3.8, 4) is 0 Å². The molecule has 1 aromatic rings. The molecule has 0 aliphatic heterocycles. The van der Waals surface area contributed by atoms with Crippen molar-refractivity contribution < 1.29 is 4.79 Å². The molecule has 0 heterocycles. The van der Waals surface area contributed by atoms with Crippen molar-refractivity contribution >= 4 is 5.91 Å². The van der Waals surface area contributed by atoms with Crippen LogP contribution in [0.1, 0.15) is 50.8 Å². The molecule has 19 heavy (non-hydrogen) atoms. The molecule has 3 heteroatoms. The second kappa shape index (κ2) is 8.70. The molecular formula is C16H26N2O. The Morgan fingerprint density at radius 3 is 2.37 bits per heavy atom. The molecule has 2 N–H and O–H groups in total. The van der Waals surface area contributed by atoms with Gasteiger partial charge in [0.15, 0.2) is 0 Å². The third-order valence-electron chi connectivity index (χ3n) is 3.28. The van der Waals surface area contributed by atoms with Crippen LogP contribution in [0.25, 0.3) is 0 Å². The van der Waals surface area contributed by atoms with Crippen LogP contribution in [-0.4, -0.2) is 19.0 Å². The van der Waals surface area contributed by atoms with Gasteiger partial charge in [0.2, 0.25) is 5.91 Å². The van der Waals surface area contributed by atoms with E-state index in [1.807, 2.05) is 0 Å². The zero-order chi connectivity index (χ0) is 14.1. The summed E-state index contributed by atoms with van der Waals surface area (Å²) in [7, 11) is 0. The van der Waals surface area contributed by atoms with Crippen LogP contribution in [0.3, 0.4) is 0 Å². The van der Waals surface area contributed by atoms with Crippen molar-refractivity contribution in [2.24, 2.45) is 0 Å². The maximum atomic E-state index is 11.6. The number of hydrogen-bond acceptors (Lipinski definition) is 2. The van der Waals surface area contributed by atoms with Crippen molar-refractivity contribution in [2.75, 3.05) is 13.1 Å². The third kappa shape index (κ3) is 5.43. The van der Waals surface area contributed by atoms with E-state index in [9.17, 15) is 4.79 Å². The zero-order valence-electron chi connectivity index (χ0n) is 12.3. The Hall–Kier alpha value is -1.35. The van der Waals surface area contributed by atoms with Crippen molar-refractivity contribution in [3.05, 3.63) is 35.4 Å². The smallest absolute Gasteiger partial charge is 0.233 e. The van der Waals surface area contributed by atoms with Crippen LogP contribution in [0.2, 0.25) is 0 Å². The number of hydrogen-bond donors (Lipinski definition) is 2. The molecule has 0 bridgehead atoms. The van der Waals surface area contributed by atoms with E-state index in [1.54, 1.807) is 0 Å². The Balaban J connectivity index is 2.50. The molecule has 1 atom stereocenters. The van der Waals surface area contributed by atoms with Gasteiger partial charge in [0.25, 0.3) is 0 Å². The molecule has 106 valence electrons. The number of carbonyl (C=O) groups excluding carboxylic acids is 1. The number of aryl methyl sites for hydroxylation is 1. The summed E-state index contributed by atoms with van der Waals surface area (Å²) in [6.45, 7) is 7.48. The molecule has 0 radical (unpaired) electrons. The van der Waals surface area contributed by atoms with Crippen molar-refractivity contribution in [1.82, 2.24) is 10.6 Å². The van der Waals surface area contributed by atoms with Crippen molar-refractivity contribution in [1.29, 1.82) is 0 Å². The summed E-state index contributed by atoms with van der Waals surface area (Å²) >= 11 is 0. The van der Waals surface area contributed by atoms with E-state index >= 15 is 0 Å². The predicted octanol–water partition coefficient (Wildman–Crippen LogP) is 2.82. The molecule has 0 saturated heterocycles. The van der Waals surface area contributed by atoms with Gasteiger partial charge in [-0.15, -0.1) is 0 Å². The molecule has 1 unspecified atom stereocenters. The highest BCUT2D eigenvalue weighted by atomic mass is 16.1. The first-order valence-electron chi connectivity index (χ1n) is 7.30. The number of nitrogens with one attached hydrogen (secondary N) is 2. The van der Waals surface area contributed by atoms with E-state index in [1.165, 1.54) is 11.1 Å². The Labute approximate surface area is 116 Å². The maximum Gasteiger partial charge on any atom is 0.233 e. The zero-order valence-corrected chi connectivity index (χ0v) is 12.3. The van der Waals surface area contributed by atoms with Gasteiger partial charge in [-0.25, -0.2) is 0 Å². The standard InChI is InChI=1S/C16H26N2O/c1-4-11-17-16(19)12-18-15(6-3)14-9-7-13(5-2)8-10-14/h7-10,15,18H,4-6,11-12H2,1-3H3,(H,17,19). The van der Waals surface area contributed by atoms with E-state index in [2.05, 4.69) is 55.7 Å². The molecule has 0 aliphatic rings. The fourth-order valence-electron chi connectivity index (χ4n) is 2.03. The lowest BCUT2D eigenvalue weighted by Crippen LogP contribution is -2.35.